The molecule has 37 heavy (non-hydrogen) atoms. The van der Waals surface area contributed by atoms with Crippen LogP contribution in [0.25, 0.3) is 0 Å². The van der Waals surface area contributed by atoms with Gasteiger partial charge in [-0.25, -0.2) is 9.18 Å². The highest BCUT2D eigenvalue weighted by Crippen LogP contribution is 2.38. The van der Waals surface area contributed by atoms with Crippen LogP contribution in [-0.2, 0) is 22.4 Å². The quantitative estimate of drug-likeness (QED) is 0.189. The van der Waals surface area contributed by atoms with Crippen LogP contribution < -0.4 is 10.6 Å². The first-order valence-electron chi connectivity index (χ1n) is 12.3. The lowest BCUT2D eigenvalue weighted by Gasteiger charge is -2.14. The molecular weight excluding hydrogens is 511 g/mol. The van der Waals surface area contributed by atoms with Gasteiger partial charge in [0.05, 0.1) is 23.0 Å². The van der Waals surface area contributed by atoms with Gasteiger partial charge in [0, 0.05) is 15.5 Å². The predicted octanol–water partition coefficient (Wildman–Crippen LogP) is 6.70. The Morgan fingerprint density at radius 1 is 1.05 bits per heavy atom. The second-order valence-corrected chi connectivity index (χ2v) is 11.2. The van der Waals surface area contributed by atoms with Gasteiger partial charge in [-0.2, -0.15) is 0 Å². The number of amides is 2. The molecule has 2 amide bonds. The minimum absolute atomic E-state index is 0.0416. The molecule has 1 unspecified atom stereocenters. The summed E-state index contributed by atoms with van der Waals surface area (Å²) in [7, 11) is 0. The number of ether oxygens (including phenoxy) is 1. The summed E-state index contributed by atoms with van der Waals surface area (Å²) in [4.78, 5) is 40.3. The molecule has 2 aromatic carbocycles. The van der Waals surface area contributed by atoms with Crippen LogP contribution >= 0.6 is 23.1 Å². The van der Waals surface area contributed by atoms with Crippen LogP contribution in [0.15, 0.2) is 53.4 Å². The number of hydrogen-bond donors (Lipinski definition) is 2. The summed E-state index contributed by atoms with van der Waals surface area (Å²) in [5, 5.41) is 5.74. The fraction of sp³-hybridized carbons (Fsp3) is 0.321. The Morgan fingerprint density at radius 3 is 2.62 bits per heavy atom. The van der Waals surface area contributed by atoms with Gasteiger partial charge in [0.15, 0.2) is 0 Å². The normalized spacial score (nSPS) is 13.7. The van der Waals surface area contributed by atoms with E-state index in [2.05, 4.69) is 10.6 Å². The number of thiophene rings is 1. The van der Waals surface area contributed by atoms with Crippen molar-refractivity contribution in [2.24, 2.45) is 0 Å². The SMILES string of the molecule is CCOC(=O)c1c(NC(=O)C(C)Sc2cccc(NC(=O)c3ccccc3F)c2)sc2c1CCCCC2. The molecule has 0 bridgehead atoms. The van der Waals surface area contributed by atoms with Crippen molar-refractivity contribution >= 4 is 51.6 Å². The number of carbonyl (C=O) groups excluding carboxylic acids is 3. The molecule has 0 saturated carbocycles. The second kappa shape index (κ2) is 12.4. The summed E-state index contributed by atoms with van der Waals surface area (Å²) in [5.74, 6) is -1.76. The molecule has 1 heterocycles. The molecule has 9 heteroatoms. The Bertz CT molecular complexity index is 1310. The van der Waals surface area contributed by atoms with Crippen molar-refractivity contribution in [3.05, 3.63) is 75.9 Å². The second-order valence-electron chi connectivity index (χ2n) is 8.70. The summed E-state index contributed by atoms with van der Waals surface area (Å²) in [5.41, 5.74) is 1.96. The Kier molecular flexibility index (Phi) is 9.00. The number of aryl methyl sites for hydroxylation is 1. The Morgan fingerprint density at radius 2 is 1.84 bits per heavy atom. The fourth-order valence-corrected chi connectivity index (χ4v) is 6.42. The highest BCUT2D eigenvalue weighted by Gasteiger charge is 2.27. The molecule has 0 radical (unpaired) electrons. The van der Waals surface area contributed by atoms with Crippen LogP contribution in [0.2, 0.25) is 0 Å². The summed E-state index contributed by atoms with van der Waals surface area (Å²) in [6.45, 7) is 3.83. The Labute approximate surface area is 224 Å². The lowest BCUT2D eigenvalue weighted by molar-refractivity contribution is -0.115. The van der Waals surface area contributed by atoms with Crippen molar-refractivity contribution in [3.8, 4) is 0 Å². The summed E-state index contributed by atoms with van der Waals surface area (Å²) in [6, 6.07) is 12.8. The van der Waals surface area contributed by atoms with Crippen LogP contribution in [0.1, 0.15) is 64.3 Å². The third-order valence-corrected chi connectivity index (χ3v) is 8.33. The van der Waals surface area contributed by atoms with Crippen molar-refractivity contribution in [2.45, 2.75) is 56.1 Å². The number of esters is 1. The van der Waals surface area contributed by atoms with E-state index >= 15 is 0 Å². The number of nitrogens with one attached hydrogen (secondary N) is 2. The van der Waals surface area contributed by atoms with Gasteiger partial charge in [0.1, 0.15) is 10.8 Å². The van der Waals surface area contributed by atoms with E-state index in [9.17, 15) is 18.8 Å². The number of rotatable bonds is 8. The van der Waals surface area contributed by atoms with Gasteiger partial charge in [0.2, 0.25) is 5.91 Å². The average molecular weight is 541 g/mol. The number of thioether (sulfide) groups is 1. The van der Waals surface area contributed by atoms with E-state index in [0.717, 1.165) is 47.4 Å². The van der Waals surface area contributed by atoms with E-state index in [1.54, 1.807) is 38.1 Å². The van der Waals surface area contributed by atoms with Crippen LogP contribution in [-0.4, -0.2) is 29.6 Å². The molecule has 0 spiro atoms. The zero-order chi connectivity index (χ0) is 26.4. The maximum Gasteiger partial charge on any atom is 0.341 e. The van der Waals surface area contributed by atoms with Crippen LogP contribution in [0.4, 0.5) is 15.1 Å². The first-order valence-corrected chi connectivity index (χ1v) is 14.0. The minimum atomic E-state index is -0.594. The van der Waals surface area contributed by atoms with Gasteiger partial charge in [-0.15, -0.1) is 23.1 Å². The molecule has 1 aliphatic rings. The molecule has 0 saturated heterocycles. The molecule has 194 valence electrons. The number of anilines is 2. The number of hydrogen-bond acceptors (Lipinski definition) is 6. The topological polar surface area (TPSA) is 84.5 Å². The van der Waals surface area contributed by atoms with Crippen molar-refractivity contribution in [2.75, 3.05) is 17.2 Å². The van der Waals surface area contributed by atoms with Gasteiger partial charge in [-0.1, -0.05) is 24.6 Å². The molecule has 2 N–H and O–H groups in total. The third-order valence-electron chi connectivity index (χ3n) is 6.03. The first kappa shape index (κ1) is 26.9. The van der Waals surface area contributed by atoms with E-state index in [1.807, 2.05) is 6.07 Å². The molecule has 1 atom stereocenters. The summed E-state index contributed by atoms with van der Waals surface area (Å²) < 4.78 is 19.2. The number of halogens is 1. The van der Waals surface area contributed by atoms with Crippen molar-refractivity contribution in [1.82, 2.24) is 0 Å². The van der Waals surface area contributed by atoms with Gasteiger partial charge >= 0.3 is 5.97 Å². The van der Waals surface area contributed by atoms with Gasteiger partial charge in [0.25, 0.3) is 5.91 Å². The summed E-state index contributed by atoms with van der Waals surface area (Å²) >= 11 is 2.79. The molecule has 0 aliphatic heterocycles. The standard InChI is InChI=1S/C28H29FN2O4S2/c1-3-35-28(34)24-21-13-5-4-6-15-23(21)37-27(24)31-25(32)17(2)36-19-11-9-10-18(16-19)30-26(33)20-12-7-8-14-22(20)29/h7-12,14,16-17H,3-6,13,15H2,1-2H3,(H,30,33)(H,31,32). The molecule has 0 fully saturated rings. The maximum absolute atomic E-state index is 13.9. The zero-order valence-corrected chi connectivity index (χ0v) is 22.4. The van der Waals surface area contributed by atoms with E-state index in [1.165, 1.54) is 41.3 Å². The minimum Gasteiger partial charge on any atom is -0.462 e. The maximum atomic E-state index is 13.9. The van der Waals surface area contributed by atoms with E-state index < -0.39 is 22.9 Å². The van der Waals surface area contributed by atoms with Crippen molar-refractivity contribution in [1.29, 1.82) is 0 Å². The van der Waals surface area contributed by atoms with E-state index in [-0.39, 0.29) is 18.1 Å². The number of benzene rings is 2. The van der Waals surface area contributed by atoms with Crippen LogP contribution in [0.3, 0.4) is 0 Å². The highest BCUT2D eigenvalue weighted by atomic mass is 32.2. The summed E-state index contributed by atoms with van der Waals surface area (Å²) in [6.07, 6.45) is 4.92. The smallest absolute Gasteiger partial charge is 0.341 e. The average Bonchev–Trinajstić information content (AvgIpc) is 3.04. The fourth-order valence-electron chi connectivity index (χ4n) is 4.21. The largest absolute Gasteiger partial charge is 0.462 e. The lowest BCUT2D eigenvalue weighted by atomic mass is 10.1. The molecule has 1 aliphatic carbocycles. The molecule has 4 rings (SSSR count). The predicted molar refractivity (Wildman–Crippen MR) is 146 cm³/mol. The van der Waals surface area contributed by atoms with Gasteiger partial charge in [-0.3, -0.25) is 9.59 Å². The monoisotopic (exact) mass is 540 g/mol. The first-order chi connectivity index (χ1) is 17.9. The molecule has 1 aromatic heterocycles. The molecule has 3 aromatic rings. The Balaban J connectivity index is 1.45. The molecular formula is C28H29FN2O4S2. The number of carbonyl (C=O) groups is 3. The van der Waals surface area contributed by atoms with E-state index in [4.69, 9.17) is 4.74 Å². The van der Waals surface area contributed by atoms with Gasteiger partial charge < -0.3 is 15.4 Å². The van der Waals surface area contributed by atoms with Crippen LogP contribution in [0.5, 0.6) is 0 Å². The molecule has 6 nitrogen and oxygen atoms in total. The van der Waals surface area contributed by atoms with Gasteiger partial charge in [-0.05, 0) is 75.4 Å². The lowest BCUT2D eigenvalue weighted by Crippen LogP contribution is -2.23. The van der Waals surface area contributed by atoms with Crippen molar-refractivity contribution < 1.29 is 23.5 Å². The number of fused-ring (bicyclic) bond motifs is 1. The van der Waals surface area contributed by atoms with E-state index in [0.29, 0.717) is 16.3 Å². The van der Waals surface area contributed by atoms with Crippen molar-refractivity contribution in [3.63, 3.8) is 0 Å². The zero-order valence-electron chi connectivity index (χ0n) is 20.8. The third kappa shape index (κ3) is 6.59. The highest BCUT2D eigenvalue weighted by molar-refractivity contribution is 8.00. The van der Waals surface area contributed by atoms with Crippen LogP contribution in [0, 0.1) is 5.82 Å². The Hall–Kier alpha value is -3.17.